The number of hydrogen-bond acceptors (Lipinski definition) is 6. The van der Waals surface area contributed by atoms with E-state index < -0.39 is 24.6 Å². The van der Waals surface area contributed by atoms with Gasteiger partial charge in [-0.2, -0.15) is 0 Å². The van der Waals surface area contributed by atoms with E-state index in [-0.39, 0.29) is 18.4 Å². The van der Waals surface area contributed by atoms with E-state index in [9.17, 15) is 14.7 Å². The molecule has 1 aliphatic rings. The van der Waals surface area contributed by atoms with Crippen LogP contribution in [0.15, 0.2) is 0 Å². The number of hydrogen-bond donors (Lipinski definition) is 1. The predicted molar refractivity (Wildman–Crippen MR) is 70.7 cm³/mol. The monoisotopic (exact) mass is 288 g/mol. The van der Waals surface area contributed by atoms with E-state index in [0.29, 0.717) is 25.7 Å². The summed E-state index contributed by atoms with van der Waals surface area (Å²) in [6.07, 6.45) is -0.760. The molecule has 0 aromatic carbocycles. The molecule has 6 heteroatoms. The second-order valence-electron chi connectivity index (χ2n) is 5.01. The molecule has 0 saturated carbocycles. The molecule has 6 nitrogen and oxygen atoms in total. The fourth-order valence-corrected chi connectivity index (χ4v) is 2.15. The number of carbonyl (C=O) groups is 2. The number of aliphatic hydroxyl groups is 1. The maximum atomic E-state index is 11.6. The van der Waals surface area contributed by atoms with Crippen molar-refractivity contribution in [1.82, 2.24) is 0 Å². The van der Waals surface area contributed by atoms with Gasteiger partial charge in [0.15, 0.2) is 12.4 Å². The molecular weight excluding hydrogens is 264 g/mol. The van der Waals surface area contributed by atoms with Gasteiger partial charge in [0.25, 0.3) is 0 Å². The molecule has 0 amide bonds. The van der Waals surface area contributed by atoms with Crippen LogP contribution in [-0.2, 0) is 23.8 Å². The summed E-state index contributed by atoms with van der Waals surface area (Å²) in [7, 11) is 0. The highest BCUT2D eigenvalue weighted by molar-refractivity contribution is 5.70. The Bertz CT molecular complexity index is 330. The van der Waals surface area contributed by atoms with Gasteiger partial charge >= 0.3 is 11.9 Å². The maximum absolute atomic E-state index is 11.6. The van der Waals surface area contributed by atoms with Crippen LogP contribution in [0.25, 0.3) is 0 Å². The van der Waals surface area contributed by atoms with Crippen LogP contribution in [0.4, 0.5) is 0 Å². The number of esters is 2. The lowest BCUT2D eigenvalue weighted by molar-refractivity contribution is -0.242. The molecule has 1 heterocycles. The molecule has 0 radical (unpaired) electrons. The Hall–Kier alpha value is -1.14. The van der Waals surface area contributed by atoms with Crippen molar-refractivity contribution >= 4 is 11.9 Å². The maximum Gasteiger partial charge on any atom is 0.306 e. The van der Waals surface area contributed by atoms with E-state index in [4.69, 9.17) is 14.2 Å². The Morgan fingerprint density at radius 2 is 1.70 bits per heavy atom. The van der Waals surface area contributed by atoms with Crippen molar-refractivity contribution < 1.29 is 28.9 Å². The Balaban J connectivity index is 2.67. The van der Waals surface area contributed by atoms with Gasteiger partial charge in [0.05, 0.1) is 6.10 Å². The van der Waals surface area contributed by atoms with E-state index in [2.05, 4.69) is 0 Å². The van der Waals surface area contributed by atoms with Gasteiger partial charge in [-0.1, -0.05) is 13.8 Å². The number of rotatable bonds is 6. The summed E-state index contributed by atoms with van der Waals surface area (Å²) < 4.78 is 15.9. The van der Waals surface area contributed by atoms with Crippen LogP contribution in [0.2, 0.25) is 0 Å². The van der Waals surface area contributed by atoms with Crippen LogP contribution in [0, 0.1) is 0 Å². The molecular formula is C14H24O6. The summed E-state index contributed by atoms with van der Waals surface area (Å²) in [6, 6.07) is 0. The number of carbonyl (C=O) groups excluding carboxylic acids is 2. The summed E-state index contributed by atoms with van der Waals surface area (Å²) in [5.74, 6) is -0.698. The molecule has 116 valence electrons. The van der Waals surface area contributed by atoms with E-state index in [0.717, 1.165) is 0 Å². The largest absolute Gasteiger partial charge is 0.458 e. The van der Waals surface area contributed by atoms with Gasteiger partial charge in [0, 0.05) is 19.3 Å². The highest BCUT2D eigenvalue weighted by atomic mass is 16.7. The standard InChI is InChI=1S/C14H24O6/c1-4-6-11(15)19-10-8-13(17)18-9(3)14(10)20-12(16)7-5-2/h9-10,13-14,17H,4-8H2,1-3H3/t9-,10-,13?,14+/m0/s1. The molecule has 1 rings (SSSR count). The number of aliphatic hydroxyl groups excluding tert-OH is 1. The smallest absolute Gasteiger partial charge is 0.306 e. The van der Waals surface area contributed by atoms with E-state index >= 15 is 0 Å². The Morgan fingerprint density at radius 3 is 2.25 bits per heavy atom. The van der Waals surface area contributed by atoms with E-state index in [1.165, 1.54) is 0 Å². The topological polar surface area (TPSA) is 82.1 Å². The van der Waals surface area contributed by atoms with Crippen LogP contribution < -0.4 is 0 Å². The molecule has 1 saturated heterocycles. The van der Waals surface area contributed by atoms with Gasteiger partial charge in [-0.25, -0.2) is 0 Å². The fraction of sp³-hybridized carbons (Fsp3) is 0.857. The normalized spacial score (nSPS) is 29.8. The molecule has 0 spiro atoms. The molecule has 0 aromatic rings. The zero-order chi connectivity index (χ0) is 15.1. The fourth-order valence-electron chi connectivity index (χ4n) is 2.15. The summed E-state index contributed by atoms with van der Waals surface area (Å²) >= 11 is 0. The van der Waals surface area contributed by atoms with Crippen molar-refractivity contribution in [1.29, 1.82) is 0 Å². The van der Waals surface area contributed by atoms with Crippen molar-refractivity contribution in [3.05, 3.63) is 0 Å². The van der Waals surface area contributed by atoms with Gasteiger partial charge in [-0.3, -0.25) is 9.59 Å². The first-order valence-electron chi connectivity index (χ1n) is 7.20. The van der Waals surface area contributed by atoms with E-state index in [1.54, 1.807) is 6.92 Å². The quantitative estimate of drug-likeness (QED) is 0.746. The minimum absolute atomic E-state index is 0.115. The van der Waals surface area contributed by atoms with Crippen molar-refractivity contribution in [3.63, 3.8) is 0 Å². The molecule has 1 fully saturated rings. The zero-order valence-electron chi connectivity index (χ0n) is 12.3. The van der Waals surface area contributed by atoms with Crippen LogP contribution in [0.3, 0.4) is 0 Å². The number of ether oxygens (including phenoxy) is 3. The molecule has 20 heavy (non-hydrogen) atoms. The Kier molecular flexibility index (Phi) is 6.95. The summed E-state index contributed by atoms with van der Waals surface area (Å²) in [5.41, 5.74) is 0. The Labute approximate surface area is 119 Å². The van der Waals surface area contributed by atoms with Crippen molar-refractivity contribution in [2.45, 2.75) is 77.5 Å². The van der Waals surface area contributed by atoms with E-state index in [1.807, 2.05) is 13.8 Å². The minimum atomic E-state index is -1.01. The van der Waals surface area contributed by atoms with Crippen molar-refractivity contribution in [3.8, 4) is 0 Å². The molecule has 1 N–H and O–H groups in total. The second kappa shape index (κ2) is 8.21. The Morgan fingerprint density at radius 1 is 1.15 bits per heavy atom. The lowest BCUT2D eigenvalue weighted by atomic mass is 10.0. The molecule has 0 bridgehead atoms. The highest BCUT2D eigenvalue weighted by Crippen LogP contribution is 2.25. The van der Waals surface area contributed by atoms with Crippen LogP contribution in [-0.4, -0.2) is 41.6 Å². The molecule has 0 aliphatic carbocycles. The third kappa shape index (κ3) is 5.09. The first-order valence-corrected chi connectivity index (χ1v) is 7.20. The van der Waals surface area contributed by atoms with Crippen LogP contribution >= 0.6 is 0 Å². The minimum Gasteiger partial charge on any atom is -0.458 e. The van der Waals surface area contributed by atoms with Crippen LogP contribution in [0.1, 0.15) is 52.9 Å². The average molecular weight is 288 g/mol. The average Bonchev–Trinajstić information content (AvgIpc) is 2.34. The highest BCUT2D eigenvalue weighted by Gasteiger charge is 2.40. The molecule has 4 atom stereocenters. The summed E-state index contributed by atoms with van der Waals surface area (Å²) in [5, 5.41) is 9.59. The van der Waals surface area contributed by atoms with Crippen LogP contribution in [0.5, 0.6) is 0 Å². The molecule has 1 aliphatic heterocycles. The van der Waals surface area contributed by atoms with Gasteiger partial charge in [0.2, 0.25) is 0 Å². The summed E-state index contributed by atoms with van der Waals surface area (Å²) in [6.45, 7) is 5.44. The van der Waals surface area contributed by atoms with Crippen molar-refractivity contribution in [2.75, 3.05) is 0 Å². The lowest BCUT2D eigenvalue weighted by Gasteiger charge is -2.37. The first-order chi connectivity index (χ1) is 9.47. The van der Waals surface area contributed by atoms with Gasteiger partial charge < -0.3 is 19.3 Å². The third-order valence-electron chi connectivity index (χ3n) is 3.09. The van der Waals surface area contributed by atoms with Gasteiger partial charge in [0.1, 0.15) is 6.10 Å². The molecule has 1 unspecified atom stereocenters. The summed E-state index contributed by atoms with van der Waals surface area (Å²) in [4.78, 5) is 23.2. The third-order valence-corrected chi connectivity index (χ3v) is 3.09. The zero-order valence-corrected chi connectivity index (χ0v) is 12.3. The molecule has 0 aromatic heterocycles. The SMILES string of the molecule is CCCC(=O)O[C@@H]1[C@H](C)OC(O)C[C@@H]1OC(=O)CCC. The second-order valence-corrected chi connectivity index (χ2v) is 5.01. The van der Waals surface area contributed by atoms with Gasteiger partial charge in [-0.15, -0.1) is 0 Å². The van der Waals surface area contributed by atoms with Gasteiger partial charge in [-0.05, 0) is 19.8 Å². The predicted octanol–water partition coefficient (Wildman–Crippen LogP) is 1.54. The van der Waals surface area contributed by atoms with Crippen molar-refractivity contribution in [2.24, 2.45) is 0 Å². The lowest BCUT2D eigenvalue weighted by Crippen LogP contribution is -2.50. The first kappa shape index (κ1) is 16.9.